The van der Waals surface area contributed by atoms with Gasteiger partial charge in [0, 0.05) is 19.5 Å². The van der Waals surface area contributed by atoms with E-state index in [0.717, 1.165) is 13.0 Å². The third-order valence-electron chi connectivity index (χ3n) is 2.18. The largest absolute Gasteiger partial charge is 0.395 e. The van der Waals surface area contributed by atoms with E-state index in [0.29, 0.717) is 6.61 Å². The first-order valence-corrected chi connectivity index (χ1v) is 5.09. The van der Waals surface area contributed by atoms with E-state index in [1.165, 1.54) is 5.56 Å². The number of methoxy groups -OCH3 is 1. The van der Waals surface area contributed by atoms with E-state index < -0.39 is 0 Å². The van der Waals surface area contributed by atoms with Crippen LogP contribution >= 0.6 is 0 Å². The van der Waals surface area contributed by atoms with E-state index in [1.54, 1.807) is 19.5 Å². The van der Waals surface area contributed by atoms with Crippen LogP contribution in [0.25, 0.3) is 0 Å². The van der Waals surface area contributed by atoms with Gasteiger partial charge in [0.15, 0.2) is 0 Å². The lowest BCUT2D eigenvalue weighted by Crippen LogP contribution is -2.37. The first kappa shape index (κ1) is 12.1. The molecule has 0 bridgehead atoms. The van der Waals surface area contributed by atoms with Gasteiger partial charge in [0.1, 0.15) is 0 Å². The van der Waals surface area contributed by atoms with Crippen LogP contribution < -0.4 is 5.32 Å². The highest BCUT2D eigenvalue weighted by Gasteiger charge is 2.04. The molecule has 0 aliphatic rings. The fraction of sp³-hybridized carbons (Fsp3) is 0.545. The van der Waals surface area contributed by atoms with E-state index >= 15 is 0 Å². The van der Waals surface area contributed by atoms with Crippen molar-refractivity contribution in [3.05, 3.63) is 30.1 Å². The number of ether oxygens (including phenoxy) is 1. The first-order chi connectivity index (χ1) is 7.36. The predicted molar refractivity (Wildman–Crippen MR) is 58.7 cm³/mol. The molecule has 0 spiro atoms. The summed E-state index contributed by atoms with van der Waals surface area (Å²) < 4.78 is 4.97. The Balaban J connectivity index is 2.20. The fourth-order valence-corrected chi connectivity index (χ4v) is 1.35. The second kappa shape index (κ2) is 7.34. The maximum Gasteiger partial charge on any atom is 0.0638 e. The lowest BCUT2D eigenvalue weighted by atomic mass is 10.2. The Kier molecular flexibility index (Phi) is 5.92. The summed E-state index contributed by atoms with van der Waals surface area (Å²) in [5.41, 5.74) is 1.24. The minimum atomic E-state index is 0.0248. The molecule has 0 aliphatic heterocycles. The van der Waals surface area contributed by atoms with Crippen LogP contribution in [0.5, 0.6) is 0 Å². The highest BCUT2D eigenvalue weighted by molar-refractivity contribution is 5.09. The number of aromatic nitrogens is 1. The Morgan fingerprint density at radius 2 is 2.20 bits per heavy atom. The quantitative estimate of drug-likeness (QED) is 0.676. The summed E-state index contributed by atoms with van der Waals surface area (Å²) in [5.74, 6) is 0. The molecule has 0 aromatic carbocycles. The zero-order valence-corrected chi connectivity index (χ0v) is 9.02. The van der Waals surface area contributed by atoms with Crippen molar-refractivity contribution in [1.29, 1.82) is 0 Å². The van der Waals surface area contributed by atoms with Gasteiger partial charge < -0.3 is 15.2 Å². The highest BCUT2D eigenvalue weighted by atomic mass is 16.5. The van der Waals surface area contributed by atoms with Crippen LogP contribution in [0, 0.1) is 0 Å². The molecule has 0 saturated heterocycles. The molecule has 0 saturated carbocycles. The van der Waals surface area contributed by atoms with Crippen LogP contribution in [0.3, 0.4) is 0 Å². The molecule has 15 heavy (non-hydrogen) atoms. The summed E-state index contributed by atoms with van der Waals surface area (Å²) in [6, 6.07) is 4.01. The van der Waals surface area contributed by atoms with Crippen molar-refractivity contribution in [3.8, 4) is 0 Å². The fourth-order valence-electron chi connectivity index (χ4n) is 1.35. The number of hydrogen-bond acceptors (Lipinski definition) is 4. The molecule has 1 aromatic heterocycles. The SMILES string of the molecule is COCC(CO)NCCc1ccncc1. The molecule has 1 rings (SSSR count). The monoisotopic (exact) mass is 210 g/mol. The smallest absolute Gasteiger partial charge is 0.0638 e. The molecular formula is C11H18N2O2. The van der Waals surface area contributed by atoms with Crippen LogP contribution in [0.4, 0.5) is 0 Å². The van der Waals surface area contributed by atoms with E-state index in [2.05, 4.69) is 10.3 Å². The Bertz CT molecular complexity index is 254. The zero-order valence-electron chi connectivity index (χ0n) is 9.02. The standard InChI is InChI=1S/C11H18N2O2/c1-15-9-11(8-14)13-7-4-10-2-5-12-6-3-10/h2-3,5-6,11,13-14H,4,7-9H2,1H3. The lowest BCUT2D eigenvalue weighted by Gasteiger charge is -2.14. The van der Waals surface area contributed by atoms with Crippen LogP contribution in [-0.2, 0) is 11.2 Å². The van der Waals surface area contributed by atoms with Gasteiger partial charge in [-0.2, -0.15) is 0 Å². The Morgan fingerprint density at radius 1 is 1.47 bits per heavy atom. The second-order valence-corrected chi connectivity index (χ2v) is 3.39. The molecular weight excluding hydrogens is 192 g/mol. The van der Waals surface area contributed by atoms with Gasteiger partial charge in [-0.3, -0.25) is 4.98 Å². The van der Waals surface area contributed by atoms with Crippen molar-refractivity contribution >= 4 is 0 Å². The lowest BCUT2D eigenvalue weighted by molar-refractivity contribution is 0.129. The van der Waals surface area contributed by atoms with Crippen LogP contribution in [-0.4, -0.2) is 43.0 Å². The number of aliphatic hydroxyl groups is 1. The maximum atomic E-state index is 9.00. The topological polar surface area (TPSA) is 54.4 Å². The van der Waals surface area contributed by atoms with Crippen LogP contribution in [0.15, 0.2) is 24.5 Å². The van der Waals surface area contributed by atoms with Gasteiger partial charge >= 0.3 is 0 Å². The molecule has 0 aliphatic carbocycles. The summed E-state index contributed by atoms with van der Waals surface area (Å²) in [4.78, 5) is 3.95. The van der Waals surface area contributed by atoms with Crippen molar-refractivity contribution in [3.63, 3.8) is 0 Å². The predicted octanol–water partition coefficient (Wildman–Crippen LogP) is 0.221. The second-order valence-electron chi connectivity index (χ2n) is 3.39. The minimum absolute atomic E-state index is 0.0248. The molecule has 0 fully saturated rings. The van der Waals surface area contributed by atoms with Crippen LogP contribution in [0.2, 0.25) is 0 Å². The summed E-state index contributed by atoms with van der Waals surface area (Å²) >= 11 is 0. The van der Waals surface area contributed by atoms with E-state index in [-0.39, 0.29) is 12.6 Å². The highest BCUT2D eigenvalue weighted by Crippen LogP contribution is 1.96. The Labute approximate surface area is 90.3 Å². The van der Waals surface area contributed by atoms with Crippen molar-refractivity contribution < 1.29 is 9.84 Å². The third kappa shape index (κ3) is 4.88. The van der Waals surface area contributed by atoms with E-state index in [9.17, 15) is 0 Å². The average molecular weight is 210 g/mol. The van der Waals surface area contributed by atoms with Crippen molar-refractivity contribution in [2.24, 2.45) is 0 Å². The number of hydrogen-bond donors (Lipinski definition) is 2. The number of rotatable bonds is 7. The van der Waals surface area contributed by atoms with Crippen molar-refractivity contribution in [1.82, 2.24) is 10.3 Å². The molecule has 4 heteroatoms. The number of aliphatic hydroxyl groups excluding tert-OH is 1. The summed E-state index contributed by atoms with van der Waals surface area (Å²) in [5, 5.41) is 12.2. The molecule has 2 N–H and O–H groups in total. The third-order valence-corrected chi connectivity index (χ3v) is 2.18. The van der Waals surface area contributed by atoms with Gasteiger partial charge in [0.25, 0.3) is 0 Å². The summed E-state index contributed by atoms with van der Waals surface area (Å²) in [6.07, 6.45) is 4.50. The van der Waals surface area contributed by atoms with Crippen molar-refractivity contribution in [2.45, 2.75) is 12.5 Å². The molecule has 1 atom stereocenters. The molecule has 1 heterocycles. The number of pyridine rings is 1. The molecule has 1 unspecified atom stereocenters. The Hall–Kier alpha value is -0.970. The van der Waals surface area contributed by atoms with Gasteiger partial charge in [-0.05, 0) is 30.7 Å². The molecule has 4 nitrogen and oxygen atoms in total. The number of nitrogens with zero attached hydrogens (tertiary/aromatic N) is 1. The van der Waals surface area contributed by atoms with E-state index in [4.69, 9.17) is 9.84 Å². The van der Waals surface area contributed by atoms with Gasteiger partial charge in [0.05, 0.1) is 19.3 Å². The van der Waals surface area contributed by atoms with Gasteiger partial charge in [-0.15, -0.1) is 0 Å². The summed E-state index contributed by atoms with van der Waals surface area (Å²) in [6.45, 7) is 1.47. The maximum absolute atomic E-state index is 9.00. The van der Waals surface area contributed by atoms with Crippen LogP contribution in [0.1, 0.15) is 5.56 Å². The zero-order chi connectivity index (χ0) is 10.9. The summed E-state index contributed by atoms with van der Waals surface area (Å²) in [7, 11) is 1.63. The number of nitrogens with one attached hydrogen (secondary N) is 1. The molecule has 84 valence electrons. The van der Waals surface area contributed by atoms with Gasteiger partial charge in [0.2, 0.25) is 0 Å². The van der Waals surface area contributed by atoms with Gasteiger partial charge in [-0.25, -0.2) is 0 Å². The molecule has 0 radical (unpaired) electrons. The van der Waals surface area contributed by atoms with Gasteiger partial charge in [-0.1, -0.05) is 0 Å². The average Bonchev–Trinajstić information content (AvgIpc) is 2.29. The van der Waals surface area contributed by atoms with Crippen molar-refractivity contribution in [2.75, 3.05) is 26.9 Å². The normalized spacial score (nSPS) is 12.7. The first-order valence-electron chi connectivity index (χ1n) is 5.09. The molecule has 0 amide bonds. The minimum Gasteiger partial charge on any atom is -0.395 e. The Morgan fingerprint density at radius 3 is 2.80 bits per heavy atom. The molecule has 1 aromatic rings. The van der Waals surface area contributed by atoms with E-state index in [1.807, 2.05) is 12.1 Å².